The Kier molecular flexibility index (Phi) is 4.83. The first-order chi connectivity index (χ1) is 8.53. The molecule has 0 amide bonds. The van der Waals surface area contributed by atoms with E-state index in [9.17, 15) is 4.79 Å². The van der Waals surface area contributed by atoms with Gasteiger partial charge in [0.1, 0.15) is 6.10 Å². The predicted octanol–water partition coefficient (Wildman–Crippen LogP) is 5.13. The summed E-state index contributed by atoms with van der Waals surface area (Å²) in [6, 6.07) is 7.89. The van der Waals surface area contributed by atoms with Gasteiger partial charge in [-0.05, 0) is 26.8 Å². The van der Waals surface area contributed by atoms with Gasteiger partial charge in [0.25, 0.3) is 0 Å². The van der Waals surface area contributed by atoms with Crippen molar-refractivity contribution in [3.63, 3.8) is 0 Å². The molecule has 0 saturated carbocycles. The number of ether oxygens (including phenoxy) is 1. The molecule has 106 valence electrons. The van der Waals surface area contributed by atoms with E-state index in [-0.39, 0.29) is 17.5 Å². The van der Waals surface area contributed by atoms with Crippen LogP contribution in [0.1, 0.15) is 53.2 Å². The molecule has 0 heterocycles. The highest BCUT2D eigenvalue weighted by Crippen LogP contribution is 2.40. The zero-order valence-corrected chi connectivity index (χ0v) is 14.2. The van der Waals surface area contributed by atoms with Gasteiger partial charge in [0.2, 0.25) is 0 Å². The van der Waals surface area contributed by atoms with Gasteiger partial charge in [-0.15, -0.1) is 0 Å². The third-order valence-electron chi connectivity index (χ3n) is 2.81. The monoisotopic (exact) mass is 326 g/mol. The molecule has 0 radical (unpaired) electrons. The fourth-order valence-electron chi connectivity index (χ4n) is 1.68. The summed E-state index contributed by atoms with van der Waals surface area (Å²) in [7, 11) is 0. The fourth-order valence-corrected chi connectivity index (χ4v) is 2.17. The summed E-state index contributed by atoms with van der Waals surface area (Å²) in [5.41, 5.74) is 0.350. The smallest absolute Gasteiger partial charge is 0.311 e. The van der Waals surface area contributed by atoms with E-state index >= 15 is 0 Å². The molecule has 1 unspecified atom stereocenters. The molecule has 0 aliphatic carbocycles. The van der Waals surface area contributed by atoms with Gasteiger partial charge >= 0.3 is 5.97 Å². The van der Waals surface area contributed by atoms with Crippen molar-refractivity contribution < 1.29 is 9.53 Å². The summed E-state index contributed by atoms with van der Waals surface area (Å²) >= 11 is 3.54. The van der Waals surface area contributed by atoms with Crippen molar-refractivity contribution in [3.8, 4) is 0 Å². The van der Waals surface area contributed by atoms with Gasteiger partial charge in [0.05, 0.1) is 5.41 Å². The van der Waals surface area contributed by atoms with E-state index in [2.05, 4.69) is 36.7 Å². The van der Waals surface area contributed by atoms with Gasteiger partial charge in [-0.1, -0.05) is 54.9 Å². The van der Waals surface area contributed by atoms with Crippen molar-refractivity contribution >= 4 is 21.9 Å². The number of hydrogen-bond donors (Lipinski definition) is 0. The Morgan fingerprint density at radius 3 is 2.05 bits per heavy atom. The first-order valence-electron chi connectivity index (χ1n) is 6.49. The highest BCUT2D eigenvalue weighted by atomic mass is 79.9. The SMILES string of the molecule is CC(C)(C)C(=O)OC(c1ccccc1Br)C(C)(C)C. The molecule has 1 atom stereocenters. The number of benzene rings is 1. The third kappa shape index (κ3) is 4.34. The quantitative estimate of drug-likeness (QED) is 0.704. The van der Waals surface area contributed by atoms with Crippen molar-refractivity contribution in [2.24, 2.45) is 10.8 Å². The zero-order chi connectivity index (χ0) is 14.8. The number of halogens is 1. The van der Waals surface area contributed by atoms with Gasteiger partial charge in [0.15, 0.2) is 0 Å². The van der Waals surface area contributed by atoms with Crippen molar-refractivity contribution in [2.75, 3.05) is 0 Å². The lowest BCUT2D eigenvalue weighted by atomic mass is 9.84. The van der Waals surface area contributed by atoms with Crippen molar-refractivity contribution in [3.05, 3.63) is 34.3 Å². The molecule has 0 saturated heterocycles. The second-order valence-corrected chi connectivity index (χ2v) is 7.78. The van der Waals surface area contributed by atoms with Crippen molar-refractivity contribution in [1.82, 2.24) is 0 Å². The normalized spacial score (nSPS) is 14.1. The highest BCUT2D eigenvalue weighted by Gasteiger charge is 2.34. The Balaban J connectivity index is 3.12. The van der Waals surface area contributed by atoms with Crippen molar-refractivity contribution in [2.45, 2.75) is 47.6 Å². The lowest BCUT2D eigenvalue weighted by Gasteiger charge is -2.33. The summed E-state index contributed by atoms with van der Waals surface area (Å²) in [5.74, 6) is -0.178. The second kappa shape index (κ2) is 5.66. The van der Waals surface area contributed by atoms with Gasteiger partial charge in [-0.2, -0.15) is 0 Å². The number of rotatable bonds is 2. The van der Waals surface area contributed by atoms with Gasteiger partial charge in [-0.25, -0.2) is 0 Å². The molecule has 0 aliphatic heterocycles. The maximum absolute atomic E-state index is 12.2. The standard InChI is InChI=1S/C16H23BrO2/c1-15(2,3)13(19-14(18)16(4,5)6)11-9-7-8-10-12(11)17/h7-10,13H,1-6H3. The molecule has 1 aromatic carbocycles. The number of esters is 1. The third-order valence-corrected chi connectivity index (χ3v) is 3.53. The van der Waals surface area contributed by atoms with Crippen LogP contribution in [0.4, 0.5) is 0 Å². The minimum absolute atomic E-state index is 0.162. The average molecular weight is 327 g/mol. The summed E-state index contributed by atoms with van der Waals surface area (Å²) in [4.78, 5) is 12.2. The molecule has 0 N–H and O–H groups in total. The van der Waals surface area contributed by atoms with E-state index in [1.54, 1.807) is 0 Å². The van der Waals surface area contributed by atoms with Crippen LogP contribution < -0.4 is 0 Å². The van der Waals surface area contributed by atoms with Crippen molar-refractivity contribution in [1.29, 1.82) is 0 Å². The Morgan fingerprint density at radius 2 is 1.63 bits per heavy atom. The van der Waals surface area contributed by atoms with Crippen LogP contribution in [0.3, 0.4) is 0 Å². The van der Waals surface area contributed by atoms with Crippen LogP contribution in [-0.2, 0) is 9.53 Å². The lowest BCUT2D eigenvalue weighted by Crippen LogP contribution is -2.30. The molecule has 0 bridgehead atoms. The molecule has 1 aromatic rings. The topological polar surface area (TPSA) is 26.3 Å². The van der Waals surface area contributed by atoms with Crippen LogP contribution in [0.25, 0.3) is 0 Å². The Bertz CT molecular complexity index is 453. The number of hydrogen-bond acceptors (Lipinski definition) is 2. The van der Waals surface area contributed by atoms with E-state index in [1.807, 2.05) is 45.0 Å². The number of carbonyl (C=O) groups excluding carboxylic acids is 1. The zero-order valence-electron chi connectivity index (χ0n) is 12.6. The van der Waals surface area contributed by atoms with Gasteiger partial charge in [0, 0.05) is 15.5 Å². The minimum Gasteiger partial charge on any atom is -0.456 e. The molecule has 0 spiro atoms. The summed E-state index contributed by atoms with van der Waals surface area (Å²) in [5, 5.41) is 0. The Morgan fingerprint density at radius 1 is 1.11 bits per heavy atom. The lowest BCUT2D eigenvalue weighted by molar-refractivity contribution is -0.165. The Hall–Kier alpha value is -0.830. The fraction of sp³-hybridized carbons (Fsp3) is 0.562. The van der Waals surface area contributed by atoms with Crippen LogP contribution in [0.2, 0.25) is 0 Å². The predicted molar refractivity (Wildman–Crippen MR) is 81.9 cm³/mol. The molecule has 1 rings (SSSR count). The largest absolute Gasteiger partial charge is 0.456 e. The molecular weight excluding hydrogens is 304 g/mol. The molecule has 0 aromatic heterocycles. The van der Waals surface area contributed by atoms with E-state index in [1.165, 1.54) is 0 Å². The van der Waals surface area contributed by atoms with E-state index in [0.29, 0.717) is 0 Å². The molecule has 2 nitrogen and oxygen atoms in total. The maximum atomic E-state index is 12.2. The highest BCUT2D eigenvalue weighted by molar-refractivity contribution is 9.10. The maximum Gasteiger partial charge on any atom is 0.311 e. The first-order valence-corrected chi connectivity index (χ1v) is 7.28. The van der Waals surface area contributed by atoms with Gasteiger partial charge < -0.3 is 4.74 Å². The van der Waals surface area contributed by atoms with Crippen LogP contribution in [0, 0.1) is 10.8 Å². The first kappa shape index (κ1) is 16.2. The van der Waals surface area contributed by atoms with E-state index in [4.69, 9.17) is 4.74 Å². The molecular formula is C16H23BrO2. The Labute approximate surface area is 124 Å². The van der Waals surface area contributed by atoms with Crippen LogP contribution in [0.15, 0.2) is 28.7 Å². The molecule has 19 heavy (non-hydrogen) atoms. The molecule has 0 fully saturated rings. The van der Waals surface area contributed by atoms with Crippen LogP contribution in [0.5, 0.6) is 0 Å². The van der Waals surface area contributed by atoms with E-state index < -0.39 is 5.41 Å². The molecule has 3 heteroatoms. The number of carbonyl (C=O) groups is 1. The minimum atomic E-state index is -0.495. The average Bonchev–Trinajstić information content (AvgIpc) is 2.24. The van der Waals surface area contributed by atoms with Crippen LogP contribution in [-0.4, -0.2) is 5.97 Å². The van der Waals surface area contributed by atoms with Crippen LogP contribution >= 0.6 is 15.9 Å². The summed E-state index contributed by atoms with van der Waals surface area (Å²) in [6.45, 7) is 11.8. The van der Waals surface area contributed by atoms with Gasteiger partial charge in [-0.3, -0.25) is 4.79 Å². The summed E-state index contributed by atoms with van der Waals surface area (Å²) < 4.78 is 6.75. The summed E-state index contributed by atoms with van der Waals surface area (Å²) in [6.07, 6.45) is -0.269. The molecule has 0 aliphatic rings. The van der Waals surface area contributed by atoms with E-state index in [0.717, 1.165) is 10.0 Å². The second-order valence-electron chi connectivity index (χ2n) is 6.92.